The van der Waals surface area contributed by atoms with Crippen molar-refractivity contribution in [3.8, 4) is 0 Å². The summed E-state index contributed by atoms with van der Waals surface area (Å²) in [6.07, 6.45) is 2.15. The predicted octanol–water partition coefficient (Wildman–Crippen LogP) is 6.79. The SMILES string of the molecule is c1ccc(C(=C2c3ccccc3CCc3ccccc32)c2ccccc2)cc1. The Morgan fingerprint density at radius 3 is 1.29 bits per heavy atom. The van der Waals surface area contributed by atoms with Crippen LogP contribution in [0.5, 0.6) is 0 Å². The molecule has 0 heterocycles. The second-order valence-corrected chi connectivity index (χ2v) is 7.30. The van der Waals surface area contributed by atoms with Crippen LogP contribution >= 0.6 is 0 Å². The molecule has 0 aromatic heterocycles. The fraction of sp³-hybridized carbons (Fsp3) is 0.0714. The smallest absolute Gasteiger partial charge is 0.00213 e. The molecule has 0 N–H and O–H groups in total. The van der Waals surface area contributed by atoms with E-state index in [1.807, 2.05) is 0 Å². The van der Waals surface area contributed by atoms with E-state index >= 15 is 0 Å². The van der Waals surface area contributed by atoms with Crippen LogP contribution < -0.4 is 0 Å². The first-order chi connectivity index (χ1) is 13.9. The molecule has 4 aromatic rings. The molecule has 0 saturated carbocycles. The van der Waals surface area contributed by atoms with Crippen molar-refractivity contribution in [2.24, 2.45) is 0 Å². The second-order valence-electron chi connectivity index (χ2n) is 7.30. The van der Waals surface area contributed by atoms with Gasteiger partial charge in [0.25, 0.3) is 0 Å². The van der Waals surface area contributed by atoms with Crippen molar-refractivity contribution in [3.63, 3.8) is 0 Å². The zero-order valence-electron chi connectivity index (χ0n) is 15.8. The highest BCUT2D eigenvalue weighted by atomic mass is 14.3. The number of hydrogen-bond acceptors (Lipinski definition) is 0. The second kappa shape index (κ2) is 7.32. The van der Waals surface area contributed by atoms with Gasteiger partial charge in [-0.25, -0.2) is 0 Å². The number of hydrogen-bond donors (Lipinski definition) is 0. The minimum Gasteiger partial charge on any atom is -0.0622 e. The minimum atomic E-state index is 1.08. The van der Waals surface area contributed by atoms with Gasteiger partial charge in [-0.2, -0.15) is 0 Å². The number of benzene rings is 4. The Hall–Kier alpha value is -3.38. The molecule has 0 heteroatoms. The maximum absolute atomic E-state index is 2.29. The Bertz CT molecular complexity index is 1040. The molecule has 0 atom stereocenters. The molecule has 28 heavy (non-hydrogen) atoms. The lowest BCUT2D eigenvalue weighted by Gasteiger charge is -2.19. The van der Waals surface area contributed by atoms with Gasteiger partial charge in [0.1, 0.15) is 0 Å². The van der Waals surface area contributed by atoms with Gasteiger partial charge in [-0.05, 0) is 57.4 Å². The third-order valence-corrected chi connectivity index (χ3v) is 5.61. The molecule has 0 saturated heterocycles. The van der Waals surface area contributed by atoms with Crippen molar-refractivity contribution in [2.45, 2.75) is 12.8 Å². The summed E-state index contributed by atoms with van der Waals surface area (Å²) in [6.45, 7) is 0. The summed E-state index contributed by atoms with van der Waals surface area (Å²) in [5.74, 6) is 0. The summed E-state index contributed by atoms with van der Waals surface area (Å²) in [7, 11) is 0. The lowest BCUT2D eigenvalue weighted by Crippen LogP contribution is -1.99. The highest BCUT2D eigenvalue weighted by Crippen LogP contribution is 2.41. The van der Waals surface area contributed by atoms with E-state index in [9.17, 15) is 0 Å². The Morgan fingerprint density at radius 1 is 0.429 bits per heavy atom. The molecule has 1 aliphatic carbocycles. The van der Waals surface area contributed by atoms with E-state index in [4.69, 9.17) is 0 Å². The van der Waals surface area contributed by atoms with E-state index in [1.54, 1.807) is 0 Å². The predicted molar refractivity (Wildman–Crippen MR) is 118 cm³/mol. The summed E-state index contributed by atoms with van der Waals surface area (Å²) in [5, 5.41) is 0. The van der Waals surface area contributed by atoms with Gasteiger partial charge in [-0.1, -0.05) is 109 Å². The number of rotatable bonds is 2. The van der Waals surface area contributed by atoms with Crippen molar-refractivity contribution >= 4 is 11.1 Å². The maximum Gasteiger partial charge on any atom is -0.00213 e. The number of aryl methyl sites for hydroxylation is 2. The van der Waals surface area contributed by atoms with Gasteiger partial charge >= 0.3 is 0 Å². The third kappa shape index (κ3) is 2.97. The van der Waals surface area contributed by atoms with Crippen LogP contribution in [0.4, 0.5) is 0 Å². The zero-order valence-corrected chi connectivity index (χ0v) is 15.8. The van der Waals surface area contributed by atoms with Crippen LogP contribution in [-0.4, -0.2) is 0 Å². The molecule has 134 valence electrons. The molecule has 1 aliphatic rings. The van der Waals surface area contributed by atoms with Gasteiger partial charge in [0.15, 0.2) is 0 Å². The van der Waals surface area contributed by atoms with E-state index in [0.29, 0.717) is 0 Å². The molecular formula is C28H22. The molecule has 0 nitrogen and oxygen atoms in total. The van der Waals surface area contributed by atoms with Gasteiger partial charge in [0.2, 0.25) is 0 Å². The van der Waals surface area contributed by atoms with Crippen LogP contribution in [0.3, 0.4) is 0 Å². The van der Waals surface area contributed by atoms with E-state index in [1.165, 1.54) is 44.5 Å². The van der Waals surface area contributed by atoms with E-state index in [2.05, 4.69) is 109 Å². The number of fused-ring (bicyclic) bond motifs is 2. The molecule has 0 radical (unpaired) electrons. The van der Waals surface area contributed by atoms with Crippen LogP contribution in [0.1, 0.15) is 33.4 Å². The molecule has 5 rings (SSSR count). The molecule has 0 spiro atoms. The topological polar surface area (TPSA) is 0 Å². The first kappa shape index (κ1) is 16.8. The fourth-order valence-electron chi connectivity index (χ4n) is 4.31. The van der Waals surface area contributed by atoms with Gasteiger partial charge in [-0.15, -0.1) is 0 Å². The molecule has 0 amide bonds. The summed E-state index contributed by atoms with van der Waals surface area (Å²) in [5.41, 5.74) is 10.7. The molecule has 4 aromatic carbocycles. The first-order valence-corrected chi connectivity index (χ1v) is 9.93. The van der Waals surface area contributed by atoms with Crippen LogP contribution in [0.25, 0.3) is 11.1 Å². The van der Waals surface area contributed by atoms with Gasteiger partial charge in [-0.3, -0.25) is 0 Å². The van der Waals surface area contributed by atoms with Crippen molar-refractivity contribution in [1.29, 1.82) is 0 Å². The lowest BCUT2D eigenvalue weighted by molar-refractivity contribution is 0.965. The average molecular weight is 358 g/mol. The standard InChI is InChI=1S/C28H22/c1-3-13-23(14-4-1)27(24-15-5-2-6-16-24)28-25-17-9-7-11-21(25)19-20-22-12-8-10-18-26(22)28/h1-18H,19-20H2. The molecular weight excluding hydrogens is 336 g/mol. The van der Waals surface area contributed by atoms with E-state index in [0.717, 1.165) is 12.8 Å². The highest BCUT2D eigenvalue weighted by Gasteiger charge is 2.22. The molecule has 0 aliphatic heterocycles. The van der Waals surface area contributed by atoms with Gasteiger partial charge < -0.3 is 0 Å². The summed E-state index contributed by atoms with van der Waals surface area (Å²) < 4.78 is 0. The first-order valence-electron chi connectivity index (χ1n) is 9.93. The summed E-state index contributed by atoms with van der Waals surface area (Å²) in [6, 6.07) is 39.4. The lowest BCUT2D eigenvalue weighted by atomic mass is 9.84. The van der Waals surface area contributed by atoms with Crippen molar-refractivity contribution in [3.05, 3.63) is 143 Å². The Kier molecular flexibility index (Phi) is 4.39. The highest BCUT2D eigenvalue weighted by molar-refractivity contribution is 6.05. The van der Waals surface area contributed by atoms with Gasteiger partial charge in [0.05, 0.1) is 0 Å². The van der Waals surface area contributed by atoms with Crippen LogP contribution in [0.2, 0.25) is 0 Å². The third-order valence-electron chi connectivity index (χ3n) is 5.61. The van der Waals surface area contributed by atoms with Crippen molar-refractivity contribution < 1.29 is 0 Å². The molecule has 0 bridgehead atoms. The molecule has 0 unspecified atom stereocenters. The maximum atomic E-state index is 2.29. The van der Waals surface area contributed by atoms with Crippen molar-refractivity contribution in [2.75, 3.05) is 0 Å². The average Bonchev–Trinajstić information content (AvgIpc) is 2.93. The van der Waals surface area contributed by atoms with Crippen LogP contribution in [0.15, 0.2) is 109 Å². The summed E-state index contributed by atoms with van der Waals surface area (Å²) in [4.78, 5) is 0. The van der Waals surface area contributed by atoms with Gasteiger partial charge in [0, 0.05) is 0 Å². The van der Waals surface area contributed by atoms with Crippen molar-refractivity contribution in [1.82, 2.24) is 0 Å². The van der Waals surface area contributed by atoms with Crippen LogP contribution in [0, 0.1) is 0 Å². The largest absolute Gasteiger partial charge is 0.0622 e. The molecule has 0 fully saturated rings. The normalized spacial score (nSPS) is 12.6. The Balaban J connectivity index is 1.94. The zero-order chi connectivity index (χ0) is 18.8. The Morgan fingerprint density at radius 2 is 0.821 bits per heavy atom. The Labute approximate surface area is 166 Å². The van der Waals surface area contributed by atoms with E-state index in [-0.39, 0.29) is 0 Å². The quantitative estimate of drug-likeness (QED) is 0.370. The van der Waals surface area contributed by atoms with Crippen LogP contribution in [-0.2, 0) is 12.8 Å². The monoisotopic (exact) mass is 358 g/mol. The minimum absolute atomic E-state index is 1.08. The fourth-order valence-corrected chi connectivity index (χ4v) is 4.31. The summed E-state index contributed by atoms with van der Waals surface area (Å²) >= 11 is 0. The van der Waals surface area contributed by atoms with E-state index < -0.39 is 0 Å².